The molecule has 6 rings (SSSR count). The Hall–Kier alpha value is -6.37. The van der Waals surface area contributed by atoms with Crippen LogP contribution < -0.4 is 4.74 Å². The standard InChI is InChI=1S/C48H55N9O9S/c49-35-67-42-12-10-36(11-13-42)14-24-66-41-29-40(53-45(30-41)48(62)63)34-57-19-18-56(33-39-7-4-9-44(52-39)47(60)61)22-27-65-26-21-55(32-38-6-3-8-43(51-38)46(58)59)17-16-54(20-25-64-28-23-57)31-37-5-1-2-15-50-37/h1-13,15,29-30H,14,16-28,31-34H2,(H,58,59)(H,60,61)(H,62,63). The van der Waals surface area contributed by atoms with E-state index in [4.69, 9.17) is 19.5 Å². The van der Waals surface area contributed by atoms with E-state index in [1.54, 1.807) is 30.5 Å². The van der Waals surface area contributed by atoms with Gasteiger partial charge in [-0.3, -0.25) is 24.6 Å². The van der Waals surface area contributed by atoms with Gasteiger partial charge in [-0.25, -0.2) is 29.3 Å². The summed E-state index contributed by atoms with van der Waals surface area (Å²) in [6.45, 7) is 7.96. The Morgan fingerprint density at radius 2 is 1.06 bits per heavy atom. The van der Waals surface area contributed by atoms with E-state index in [2.05, 4.69) is 44.9 Å². The second-order valence-corrected chi connectivity index (χ2v) is 16.6. The fourth-order valence-corrected chi connectivity index (χ4v) is 7.68. The van der Waals surface area contributed by atoms with E-state index in [0.717, 1.165) is 27.9 Å². The maximum atomic E-state index is 12.3. The molecule has 18 nitrogen and oxygen atoms in total. The topological polar surface area (TPSA) is 228 Å². The summed E-state index contributed by atoms with van der Waals surface area (Å²) >= 11 is 1.09. The van der Waals surface area contributed by atoms with Crippen LogP contribution in [-0.4, -0.2) is 158 Å². The summed E-state index contributed by atoms with van der Waals surface area (Å²) in [4.78, 5) is 63.2. The molecule has 4 aromatic heterocycles. The molecule has 19 heteroatoms. The van der Waals surface area contributed by atoms with Gasteiger partial charge in [-0.05, 0) is 65.9 Å². The van der Waals surface area contributed by atoms with Gasteiger partial charge in [-0.1, -0.05) is 30.3 Å². The van der Waals surface area contributed by atoms with E-state index < -0.39 is 17.9 Å². The van der Waals surface area contributed by atoms with Crippen LogP contribution in [0.1, 0.15) is 59.8 Å². The molecule has 0 radical (unpaired) electrons. The van der Waals surface area contributed by atoms with Crippen molar-refractivity contribution in [3.8, 4) is 11.2 Å². The van der Waals surface area contributed by atoms with E-state index in [1.165, 1.54) is 18.2 Å². The molecule has 1 aliphatic heterocycles. The molecule has 0 spiro atoms. The van der Waals surface area contributed by atoms with Gasteiger partial charge in [-0.2, -0.15) is 5.26 Å². The molecule has 0 aliphatic carbocycles. The molecular weight excluding hydrogens is 879 g/mol. The van der Waals surface area contributed by atoms with Crippen LogP contribution in [0.2, 0.25) is 0 Å². The summed E-state index contributed by atoms with van der Waals surface area (Å²) in [6, 6.07) is 26.5. The van der Waals surface area contributed by atoms with Gasteiger partial charge in [0.05, 0.1) is 55.8 Å². The fraction of sp³-hybridized carbons (Fsp3) is 0.375. The molecule has 5 aromatic rings. The number of ether oxygens (including phenoxy) is 3. The lowest BCUT2D eigenvalue weighted by Gasteiger charge is -2.29. The third-order valence-corrected chi connectivity index (χ3v) is 11.4. The zero-order valence-corrected chi connectivity index (χ0v) is 38.0. The van der Waals surface area contributed by atoms with Crippen molar-refractivity contribution in [3.63, 3.8) is 0 Å². The van der Waals surface area contributed by atoms with Gasteiger partial charge in [0, 0.05) is 108 Å². The predicted molar refractivity (Wildman–Crippen MR) is 248 cm³/mol. The Kier molecular flexibility index (Phi) is 19.9. The molecule has 352 valence electrons. The minimum absolute atomic E-state index is 0.0162. The summed E-state index contributed by atoms with van der Waals surface area (Å²) in [5.74, 6) is -2.99. The zero-order valence-electron chi connectivity index (χ0n) is 37.2. The Balaban J connectivity index is 1.19. The number of thioether (sulfide) groups is 1. The van der Waals surface area contributed by atoms with Gasteiger partial charge >= 0.3 is 17.9 Å². The van der Waals surface area contributed by atoms with Gasteiger partial charge in [0.25, 0.3) is 0 Å². The zero-order chi connectivity index (χ0) is 47.2. The molecule has 1 aromatic carbocycles. The number of nitrogens with zero attached hydrogens (tertiary/aromatic N) is 9. The predicted octanol–water partition coefficient (Wildman–Crippen LogP) is 4.91. The normalized spacial score (nSPS) is 15.7. The maximum absolute atomic E-state index is 12.3. The molecule has 67 heavy (non-hydrogen) atoms. The van der Waals surface area contributed by atoms with E-state index in [-0.39, 0.29) is 17.1 Å². The lowest BCUT2D eigenvalue weighted by Crippen LogP contribution is -2.40. The van der Waals surface area contributed by atoms with Crippen molar-refractivity contribution in [1.29, 1.82) is 5.26 Å². The SMILES string of the molecule is N#CSc1ccc(CCOc2cc(CN3CCOCCN(Cc4ccccn4)CCN(Cc4cccc(C(=O)O)n4)CCOCCN(Cc4cccc(C(=O)O)n4)CC3)nc(C(=O)O)c2)cc1. The molecule has 1 aliphatic rings. The molecule has 1 saturated heterocycles. The Morgan fingerprint density at radius 1 is 0.582 bits per heavy atom. The van der Waals surface area contributed by atoms with Crippen molar-refractivity contribution in [2.45, 2.75) is 37.5 Å². The van der Waals surface area contributed by atoms with Crippen molar-refractivity contribution in [2.75, 3.05) is 85.4 Å². The first-order chi connectivity index (χ1) is 32.6. The number of carbonyl (C=O) groups is 3. The third kappa shape index (κ3) is 17.4. The summed E-state index contributed by atoms with van der Waals surface area (Å²) in [5.41, 5.74) is 3.46. The van der Waals surface area contributed by atoms with Crippen molar-refractivity contribution < 1.29 is 43.9 Å². The summed E-state index contributed by atoms with van der Waals surface area (Å²) in [6.07, 6.45) is 2.34. The van der Waals surface area contributed by atoms with E-state index >= 15 is 0 Å². The molecule has 0 bridgehead atoms. The van der Waals surface area contributed by atoms with Crippen LogP contribution in [0.15, 0.2) is 102 Å². The van der Waals surface area contributed by atoms with Gasteiger partial charge < -0.3 is 29.5 Å². The van der Waals surface area contributed by atoms with Crippen LogP contribution >= 0.6 is 11.8 Å². The number of rotatable bonds is 16. The molecule has 3 N–H and O–H groups in total. The van der Waals surface area contributed by atoms with Crippen LogP contribution in [0.5, 0.6) is 5.75 Å². The average Bonchev–Trinajstić information content (AvgIpc) is 3.32. The number of hydrogen-bond donors (Lipinski definition) is 3. The monoisotopic (exact) mass is 933 g/mol. The minimum atomic E-state index is -1.18. The van der Waals surface area contributed by atoms with Crippen LogP contribution in [-0.2, 0) is 42.1 Å². The number of benzene rings is 1. The number of aromatic carboxylic acids is 3. The highest BCUT2D eigenvalue weighted by Gasteiger charge is 2.19. The van der Waals surface area contributed by atoms with Crippen LogP contribution in [0.4, 0.5) is 0 Å². The Morgan fingerprint density at radius 3 is 1.54 bits per heavy atom. The third-order valence-electron chi connectivity index (χ3n) is 10.8. The molecule has 0 unspecified atom stereocenters. The highest BCUT2D eigenvalue weighted by Crippen LogP contribution is 2.20. The minimum Gasteiger partial charge on any atom is -0.493 e. The van der Waals surface area contributed by atoms with E-state index in [1.807, 2.05) is 48.5 Å². The summed E-state index contributed by atoms with van der Waals surface area (Å²) in [7, 11) is 0. The number of aromatic nitrogens is 4. The lowest BCUT2D eigenvalue weighted by atomic mass is 10.2. The highest BCUT2D eigenvalue weighted by molar-refractivity contribution is 8.03. The maximum Gasteiger partial charge on any atom is 0.354 e. The van der Waals surface area contributed by atoms with Crippen molar-refractivity contribution in [3.05, 3.63) is 143 Å². The number of nitriles is 1. The highest BCUT2D eigenvalue weighted by atomic mass is 32.2. The molecule has 0 atom stereocenters. The Labute approximate surface area is 393 Å². The van der Waals surface area contributed by atoms with Crippen LogP contribution in [0.25, 0.3) is 0 Å². The van der Waals surface area contributed by atoms with Crippen molar-refractivity contribution in [1.82, 2.24) is 39.5 Å². The van der Waals surface area contributed by atoms with E-state index in [0.29, 0.717) is 141 Å². The second kappa shape index (κ2) is 26.7. The molecular formula is C48H55N9O9S. The van der Waals surface area contributed by atoms with Gasteiger partial charge in [-0.15, -0.1) is 0 Å². The van der Waals surface area contributed by atoms with Crippen LogP contribution in [0, 0.1) is 10.7 Å². The fourth-order valence-electron chi connectivity index (χ4n) is 7.30. The lowest BCUT2D eigenvalue weighted by molar-refractivity contribution is 0.0534. The number of pyridine rings is 4. The van der Waals surface area contributed by atoms with E-state index in [9.17, 15) is 29.7 Å². The first-order valence-electron chi connectivity index (χ1n) is 22.0. The summed E-state index contributed by atoms with van der Waals surface area (Å²) < 4.78 is 18.6. The Bertz CT molecular complexity index is 2410. The largest absolute Gasteiger partial charge is 0.493 e. The first-order valence-corrected chi connectivity index (χ1v) is 22.8. The first kappa shape index (κ1) is 50.1. The van der Waals surface area contributed by atoms with Crippen LogP contribution in [0.3, 0.4) is 0 Å². The van der Waals surface area contributed by atoms with Gasteiger partial charge in [0.15, 0.2) is 5.69 Å². The van der Waals surface area contributed by atoms with Crippen molar-refractivity contribution in [2.24, 2.45) is 0 Å². The number of carboxylic acid groups (broad SMARTS) is 3. The van der Waals surface area contributed by atoms with Crippen molar-refractivity contribution >= 4 is 29.7 Å². The molecule has 0 saturated carbocycles. The quantitative estimate of drug-likeness (QED) is 0.0882. The smallest absolute Gasteiger partial charge is 0.354 e. The number of carboxylic acids is 3. The number of thiocyanates is 1. The average molecular weight is 934 g/mol. The number of hydrogen-bond acceptors (Lipinski definition) is 16. The summed E-state index contributed by atoms with van der Waals surface area (Å²) in [5, 5.41) is 40.3. The van der Waals surface area contributed by atoms with Gasteiger partial charge in [0.2, 0.25) is 0 Å². The molecule has 1 fully saturated rings. The van der Waals surface area contributed by atoms with Gasteiger partial charge in [0.1, 0.15) is 22.5 Å². The second-order valence-electron chi connectivity index (χ2n) is 15.7. The molecule has 0 amide bonds. The molecule has 5 heterocycles.